The van der Waals surface area contributed by atoms with Crippen LogP contribution in [0.4, 0.5) is 17.6 Å². The minimum absolute atomic E-state index is 0.0538. The predicted molar refractivity (Wildman–Crippen MR) is 64.0 cm³/mol. The zero-order valence-electron chi connectivity index (χ0n) is 9.67. The lowest BCUT2D eigenvalue weighted by molar-refractivity contribution is -0.137. The number of hydrogen-bond donors (Lipinski definition) is 0. The Kier molecular flexibility index (Phi) is 3.62. The van der Waals surface area contributed by atoms with Gasteiger partial charge in [0.15, 0.2) is 5.82 Å². The van der Waals surface area contributed by atoms with Gasteiger partial charge in [-0.15, -0.1) is 10.2 Å². The van der Waals surface area contributed by atoms with Crippen molar-refractivity contribution in [1.82, 2.24) is 14.8 Å². The van der Waals surface area contributed by atoms with E-state index in [1.54, 1.807) is 7.05 Å². The van der Waals surface area contributed by atoms with Gasteiger partial charge in [-0.2, -0.15) is 13.2 Å². The van der Waals surface area contributed by atoms with E-state index in [0.29, 0.717) is 17.2 Å². The Morgan fingerprint density at radius 1 is 1.26 bits per heavy atom. The SMILES string of the molecule is Cn1c(CBr)nnc1-c1cc(C(F)(F)F)ccc1F. The predicted octanol–water partition coefficient (Wildman–Crippen LogP) is 3.53. The Balaban J connectivity index is 2.58. The van der Waals surface area contributed by atoms with Gasteiger partial charge in [0.05, 0.1) is 16.5 Å². The lowest BCUT2D eigenvalue weighted by Gasteiger charge is -2.09. The van der Waals surface area contributed by atoms with Crippen molar-refractivity contribution in [1.29, 1.82) is 0 Å². The first-order valence-electron chi connectivity index (χ1n) is 5.16. The Morgan fingerprint density at radius 2 is 1.95 bits per heavy atom. The fourth-order valence-corrected chi connectivity index (χ4v) is 2.07. The van der Waals surface area contributed by atoms with E-state index in [4.69, 9.17) is 0 Å². The number of rotatable bonds is 2. The summed E-state index contributed by atoms with van der Waals surface area (Å²) in [7, 11) is 1.56. The van der Waals surface area contributed by atoms with Crippen LogP contribution in [-0.4, -0.2) is 14.8 Å². The molecule has 0 saturated carbocycles. The van der Waals surface area contributed by atoms with E-state index >= 15 is 0 Å². The molecule has 3 nitrogen and oxygen atoms in total. The molecule has 1 aromatic heterocycles. The molecule has 0 N–H and O–H groups in total. The largest absolute Gasteiger partial charge is 0.416 e. The van der Waals surface area contributed by atoms with E-state index in [-0.39, 0.29) is 11.4 Å². The van der Waals surface area contributed by atoms with Crippen molar-refractivity contribution in [2.45, 2.75) is 11.5 Å². The van der Waals surface area contributed by atoms with E-state index < -0.39 is 17.6 Å². The normalized spacial score (nSPS) is 11.9. The average Bonchev–Trinajstić information content (AvgIpc) is 2.69. The molecule has 2 rings (SSSR count). The summed E-state index contributed by atoms with van der Waals surface area (Å²) in [5.41, 5.74) is -1.15. The van der Waals surface area contributed by atoms with E-state index in [1.807, 2.05) is 0 Å². The van der Waals surface area contributed by atoms with Crippen molar-refractivity contribution in [2.75, 3.05) is 0 Å². The van der Waals surface area contributed by atoms with E-state index in [0.717, 1.165) is 12.1 Å². The summed E-state index contributed by atoms with van der Waals surface area (Å²) in [4.78, 5) is 0. The van der Waals surface area contributed by atoms with Crippen LogP contribution in [0, 0.1) is 5.82 Å². The molecule has 0 bridgehead atoms. The molecule has 0 radical (unpaired) electrons. The van der Waals surface area contributed by atoms with E-state index in [2.05, 4.69) is 26.1 Å². The molecule has 19 heavy (non-hydrogen) atoms. The number of benzene rings is 1. The number of nitrogens with zero attached hydrogens (tertiary/aromatic N) is 3. The van der Waals surface area contributed by atoms with Crippen molar-refractivity contribution in [3.63, 3.8) is 0 Å². The highest BCUT2D eigenvalue weighted by molar-refractivity contribution is 9.08. The molecule has 8 heteroatoms. The van der Waals surface area contributed by atoms with E-state index in [9.17, 15) is 17.6 Å². The molecule has 0 unspecified atom stereocenters. The first kappa shape index (κ1) is 14.0. The quantitative estimate of drug-likeness (QED) is 0.620. The number of alkyl halides is 4. The van der Waals surface area contributed by atoms with Crippen LogP contribution in [0.1, 0.15) is 11.4 Å². The zero-order chi connectivity index (χ0) is 14.2. The van der Waals surface area contributed by atoms with Crippen LogP contribution in [-0.2, 0) is 18.6 Å². The second kappa shape index (κ2) is 4.92. The molecule has 1 aromatic carbocycles. The van der Waals surface area contributed by atoms with Crippen molar-refractivity contribution in [3.05, 3.63) is 35.4 Å². The fraction of sp³-hybridized carbons (Fsp3) is 0.273. The standard InChI is InChI=1S/C11H8BrF4N3/c1-19-9(5-12)17-18-10(19)7-4-6(11(14,15)16)2-3-8(7)13/h2-4H,5H2,1H3. The fourth-order valence-electron chi connectivity index (χ4n) is 1.59. The maximum Gasteiger partial charge on any atom is 0.416 e. The zero-order valence-corrected chi connectivity index (χ0v) is 11.3. The molecule has 0 fully saturated rings. The van der Waals surface area contributed by atoms with Crippen molar-refractivity contribution < 1.29 is 17.6 Å². The second-order valence-corrected chi connectivity index (χ2v) is 4.39. The van der Waals surface area contributed by atoms with Crippen LogP contribution >= 0.6 is 15.9 Å². The smallest absolute Gasteiger partial charge is 0.313 e. The first-order valence-corrected chi connectivity index (χ1v) is 6.28. The molecule has 0 aliphatic carbocycles. The van der Waals surface area contributed by atoms with Gasteiger partial charge >= 0.3 is 6.18 Å². The van der Waals surface area contributed by atoms with Gasteiger partial charge in [0.25, 0.3) is 0 Å². The van der Waals surface area contributed by atoms with Crippen LogP contribution in [0.3, 0.4) is 0 Å². The topological polar surface area (TPSA) is 30.7 Å². The third-order valence-corrected chi connectivity index (χ3v) is 3.12. The Labute approximate surface area is 114 Å². The summed E-state index contributed by atoms with van der Waals surface area (Å²) < 4.78 is 53.0. The van der Waals surface area contributed by atoms with Crippen LogP contribution in [0.25, 0.3) is 11.4 Å². The highest BCUT2D eigenvalue weighted by Gasteiger charge is 2.31. The van der Waals surface area contributed by atoms with Gasteiger partial charge in [0.1, 0.15) is 11.6 Å². The number of aromatic nitrogens is 3. The third kappa shape index (κ3) is 2.63. The molecule has 102 valence electrons. The number of halogens is 5. The summed E-state index contributed by atoms with van der Waals surface area (Å²) in [6, 6.07) is 2.21. The van der Waals surface area contributed by atoms with Crippen molar-refractivity contribution in [2.24, 2.45) is 7.05 Å². The number of hydrogen-bond acceptors (Lipinski definition) is 2. The van der Waals surface area contributed by atoms with Gasteiger partial charge in [0.2, 0.25) is 0 Å². The Bertz CT molecular complexity index is 606. The maximum absolute atomic E-state index is 13.7. The van der Waals surface area contributed by atoms with Crippen LogP contribution in [0.2, 0.25) is 0 Å². The summed E-state index contributed by atoms with van der Waals surface area (Å²) in [6.45, 7) is 0. The molecular formula is C11H8BrF4N3. The van der Waals surface area contributed by atoms with Gasteiger partial charge in [-0.05, 0) is 18.2 Å². The molecule has 0 aliphatic heterocycles. The molecule has 0 spiro atoms. The van der Waals surface area contributed by atoms with Gasteiger partial charge in [0, 0.05) is 7.05 Å². The monoisotopic (exact) mass is 337 g/mol. The van der Waals surface area contributed by atoms with Gasteiger partial charge in [-0.25, -0.2) is 4.39 Å². The molecule has 1 heterocycles. The molecule has 0 aliphatic rings. The summed E-state index contributed by atoms with van der Waals surface area (Å²) >= 11 is 3.16. The molecule has 2 aromatic rings. The average molecular weight is 338 g/mol. The Hall–Kier alpha value is -1.44. The van der Waals surface area contributed by atoms with Crippen molar-refractivity contribution >= 4 is 15.9 Å². The summed E-state index contributed by atoms with van der Waals surface area (Å²) in [5.74, 6) is -0.227. The lowest BCUT2D eigenvalue weighted by Crippen LogP contribution is -2.06. The minimum atomic E-state index is -4.53. The minimum Gasteiger partial charge on any atom is -0.313 e. The summed E-state index contributed by atoms with van der Waals surface area (Å²) in [6.07, 6.45) is -4.53. The maximum atomic E-state index is 13.7. The summed E-state index contributed by atoms with van der Waals surface area (Å²) in [5, 5.41) is 7.85. The van der Waals surface area contributed by atoms with Crippen LogP contribution < -0.4 is 0 Å². The van der Waals surface area contributed by atoms with Crippen LogP contribution in [0.15, 0.2) is 18.2 Å². The third-order valence-electron chi connectivity index (χ3n) is 2.62. The van der Waals surface area contributed by atoms with Crippen molar-refractivity contribution in [3.8, 4) is 11.4 Å². The van der Waals surface area contributed by atoms with Gasteiger partial charge in [-0.1, -0.05) is 15.9 Å². The molecular weight excluding hydrogens is 330 g/mol. The highest BCUT2D eigenvalue weighted by Crippen LogP contribution is 2.33. The Morgan fingerprint density at radius 3 is 2.47 bits per heavy atom. The van der Waals surface area contributed by atoms with Crippen LogP contribution in [0.5, 0.6) is 0 Å². The molecule has 0 saturated heterocycles. The van der Waals surface area contributed by atoms with Gasteiger partial charge < -0.3 is 4.57 Å². The lowest BCUT2D eigenvalue weighted by atomic mass is 10.1. The molecule has 0 amide bonds. The van der Waals surface area contributed by atoms with E-state index in [1.165, 1.54) is 4.57 Å². The first-order chi connectivity index (χ1) is 8.84. The van der Waals surface area contributed by atoms with Gasteiger partial charge in [-0.3, -0.25) is 0 Å². The molecule has 0 atom stereocenters. The second-order valence-electron chi connectivity index (χ2n) is 3.82. The highest BCUT2D eigenvalue weighted by atomic mass is 79.9.